The molecular weight excluding hydrogens is 212 g/mol. The summed E-state index contributed by atoms with van der Waals surface area (Å²) in [7, 11) is 0. The van der Waals surface area contributed by atoms with Crippen molar-refractivity contribution in [3.63, 3.8) is 0 Å². The Bertz CT molecular complexity index is 156. The van der Waals surface area contributed by atoms with Crippen LogP contribution in [-0.2, 0) is 4.74 Å². The third kappa shape index (κ3) is 5.71. The summed E-state index contributed by atoms with van der Waals surface area (Å²) >= 11 is 0. The highest BCUT2D eigenvalue weighted by atomic mass is 35.5. The van der Waals surface area contributed by atoms with Crippen molar-refractivity contribution in [2.45, 2.75) is 32.7 Å². The van der Waals surface area contributed by atoms with Gasteiger partial charge in [0, 0.05) is 25.7 Å². The van der Waals surface area contributed by atoms with Gasteiger partial charge in [0.15, 0.2) is 0 Å². The van der Waals surface area contributed by atoms with E-state index in [1.54, 1.807) is 0 Å². The molecule has 0 amide bonds. The number of piperidine rings is 1. The third-order valence-electron chi connectivity index (χ3n) is 3.04. The maximum absolute atomic E-state index is 5.93. The molecule has 0 aromatic heterocycles. The van der Waals surface area contributed by atoms with Crippen LogP contribution in [0.1, 0.15) is 26.7 Å². The number of nitrogens with two attached hydrogens (primary N) is 1. The molecule has 0 aromatic rings. The Hall–Kier alpha value is 0.170. The summed E-state index contributed by atoms with van der Waals surface area (Å²) in [5.41, 5.74) is 5.93. The predicted octanol–water partition coefficient (Wildman–Crippen LogP) is 1.50. The summed E-state index contributed by atoms with van der Waals surface area (Å²) in [6, 6.07) is 0.338. The Kier molecular flexibility index (Phi) is 8.43. The van der Waals surface area contributed by atoms with Crippen molar-refractivity contribution in [3.05, 3.63) is 0 Å². The van der Waals surface area contributed by atoms with Gasteiger partial charge in [0.05, 0.1) is 6.61 Å². The number of hydrogen-bond acceptors (Lipinski definition) is 3. The van der Waals surface area contributed by atoms with Crippen LogP contribution in [0.15, 0.2) is 0 Å². The first-order chi connectivity index (χ1) is 6.74. The average Bonchev–Trinajstić information content (AvgIpc) is 2.19. The molecule has 2 unspecified atom stereocenters. The SMILES string of the molecule is CCOCCN1CCCC(C(C)N)C1.Cl. The van der Waals surface area contributed by atoms with Crippen LogP contribution in [0.25, 0.3) is 0 Å². The van der Waals surface area contributed by atoms with Gasteiger partial charge in [0.2, 0.25) is 0 Å². The van der Waals surface area contributed by atoms with Gasteiger partial charge in [0.1, 0.15) is 0 Å². The van der Waals surface area contributed by atoms with Crippen LogP contribution in [-0.4, -0.2) is 43.8 Å². The van der Waals surface area contributed by atoms with E-state index in [1.807, 2.05) is 6.92 Å². The normalized spacial score (nSPS) is 24.6. The van der Waals surface area contributed by atoms with E-state index in [0.29, 0.717) is 12.0 Å². The largest absolute Gasteiger partial charge is 0.380 e. The zero-order valence-electron chi connectivity index (χ0n) is 9.95. The lowest BCUT2D eigenvalue weighted by Gasteiger charge is -2.34. The van der Waals surface area contributed by atoms with Crippen LogP contribution in [0.3, 0.4) is 0 Å². The molecule has 1 aliphatic heterocycles. The van der Waals surface area contributed by atoms with Crippen LogP contribution >= 0.6 is 12.4 Å². The van der Waals surface area contributed by atoms with Gasteiger partial charge in [-0.15, -0.1) is 12.4 Å². The maximum atomic E-state index is 5.93. The highest BCUT2D eigenvalue weighted by Crippen LogP contribution is 2.18. The van der Waals surface area contributed by atoms with Crippen LogP contribution < -0.4 is 5.73 Å². The first kappa shape index (κ1) is 15.2. The smallest absolute Gasteiger partial charge is 0.0593 e. The molecule has 0 bridgehead atoms. The number of halogens is 1. The first-order valence-electron chi connectivity index (χ1n) is 5.79. The van der Waals surface area contributed by atoms with E-state index in [0.717, 1.165) is 26.3 Å². The average molecular weight is 237 g/mol. The molecule has 3 nitrogen and oxygen atoms in total. The van der Waals surface area contributed by atoms with Crippen molar-refractivity contribution in [2.75, 3.05) is 32.8 Å². The monoisotopic (exact) mass is 236 g/mol. The van der Waals surface area contributed by atoms with Gasteiger partial charge in [-0.1, -0.05) is 0 Å². The number of ether oxygens (including phenoxy) is 1. The summed E-state index contributed by atoms with van der Waals surface area (Å²) < 4.78 is 5.36. The van der Waals surface area contributed by atoms with Gasteiger partial charge >= 0.3 is 0 Å². The van der Waals surface area contributed by atoms with Gasteiger partial charge in [-0.05, 0) is 39.2 Å². The number of nitrogens with zero attached hydrogens (tertiary/aromatic N) is 1. The summed E-state index contributed by atoms with van der Waals surface area (Å²) in [6.45, 7) is 9.29. The molecule has 1 fully saturated rings. The molecule has 0 aliphatic carbocycles. The molecule has 1 saturated heterocycles. The minimum absolute atomic E-state index is 0. The Balaban J connectivity index is 0.00000196. The molecule has 0 spiro atoms. The lowest BCUT2D eigenvalue weighted by atomic mass is 9.92. The third-order valence-corrected chi connectivity index (χ3v) is 3.04. The van der Waals surface area contributed by atoms with Gasteiger partial charge in [-0.25, -0.2) is 0 Å². The minimum Gasteiger partial charge on any atom is -0.380 e. The molecular formula is C11H25ClN2O. The van der Waals surface area contributed by atoms with E-state index in [9.17, 15) is 0 Å². The Morgan fingerprint density at radius 3 is 2.87 bits per heavy atom. The van der Waals surface area contributed by atoms with Gasteiger partial charge < -0.3 is 15.4 Å². The van der Waals surface area contributed by atoms with Crippen LogP contribution in [0.4, 0.5) is 0 Å². The second-order valence-corrected chi connectivity index (χ2v) is 4.26. The van der Waals surface area contributed by atoms with E-state index in [1.165, 1.54) is 19.4 Å². The predicted molar refractivity (Wildman–Crippen MR) is 66.6 cm³/mol. The van der Waals surface area contributed by atoms with Crippen LogP contribution in [0.2, 0.25) is 0 Å². The Morgan fingerprint density at radius 2 is 2.27 bits per heavy atom. The van der Waals surface area contributed by atoms with E-state index in [-0.39, 0.29) is 12.4 Å². The molecule has 2 atom stereocenters. The number of likely N-dealkylation sites (tertiary alicyclic amines) is 1. The van der Waals surface area contributed by atoms with Gasteiger partial charge in [0.25, 0.3) is 0 Å². The Labute approximate surface area is 99.7 Å². The second-order valence-electron chi connectivity index (χ2n) is 4.26. The van der Waals surface area contributed by atoms with Gasteiger partial charge in [-0.2, -0.15) is 0 Å². The van der Waals surface area contributed by atoms with E-state index >= 15 is 0 Å². The molecule has 0 radical (unpaired) electrons. The number of rotatable bonds is 5. The standard InChI is InChI=1S/C11H24N2O.ClH/c1-3-14-8-7-13-6-4-5-11(9-13)10(2)12;/h10-11H,3-9,12H2,1-2H3;1H. The van der Waals surface area contributed by atoms with E-state index in [2.05, 4.69) is 11.8 Å². The molecule has 4 heteroatoms. The summed E-state index contributed by atoms with van der Waals surface area (Å²) in [4.78, 5) is 2.48. The van der Waals surface area contributed by atoms with Crippen molar-refractivity contribution in [1.29, 1.82) is 0 Å². The molecule has 1 rings (SSSR count). The fourth-order valence-corrected chi connectivity index (χ4v) is 2.06. The molecule has 1 heterocycles. The van der Waals surface area contributed by atoms with Crippen LogP contribution in [0.5, 0.6) is 0 Å². The summed E-state index contributed by atoms with van der Waals surface area (Å²) in [5.74, 6) is 0.686. The van der Waals surface area contributed by atoms with Gasteiger partial charge in [-0.3, -0.25) is 0 Å². The first-order valence-corrected chi connectivity index (χ1v) is 5.79. The lowest BCUT2D eigenvalue weighted by molar-refractivity contribution is 0.0881. The topological polar surface area (TPSA) is 38.5 Å². The molecule has 92 valence electrons. The highest BCUT2D eigenvalue weighted by molar-refractivity contribution is 5.85. The van der Waals surface area contributed by atoms with Crippen molar-refractivity contribution >= 4 is 12.4 Å². The molecule has 0 saturated carbocycles. The van der Waals surface area contributed by atoms with Crippen molar-refractivity contribution in [2.24, 2.45) is 11.7 Å². The summed E-state index contributed by atoms with van der Waals surface area (Å²) in [6.07, 6.45) is 2.58. The van der Waals surface area contributed by atoms with Crippen molar-refractivity contribution < 1.29 is 4.74 Å². The zero-order valence-corrected chi connectivity index (χ0v) is 10.8. The van der Waals surface area contributed by atoms with E-state index in [4.69, 9.17) is 10.5 Å². The zero-order chi connectivity index (χ0) is 10.4. The van der Waals surface area contributed by atoms with Crippen LogP contribution in [0, 0.1) is 5.92 Å². The Morgan fingerprint density at radius 1 is 1.53 bits per heavy atom. The van der Waals surface area contributed by atoms with Crippen molar-refractivity contribution in [3.8, 4) is 0 Å². The lowest BCUT2D eigenvalue weighted by Crippen LogP contribution is -2.43. The second kappa shape index (κ2) is 8.34. The highest BCUT2D eigenvalue weighted by Gasteiger charge is 2.21. The number of hydrogen-bond donors (Lipinski definition) is 1. The van der Waals surface area contributed by atoms with E-state index < -0.39 is 0 Å². The quantitative estimate of drug-likeness (QED) is 0.736. The molecule has 0 aromatic carbocycles. The van der Waals surface area contributed by atoms with Crippen molar-refractivity contribution in [1.82, 2.24) is 4.90 Å². The maximum Gasteiger partial charge on any atom is 0.0593 e. The fourth-order valence-electron chi connectivity index (χ4n) is 2.06. The molecule has 15 heavy (non-hydrogen) atoms. The molecule has 2 N–H and O–H groups in total. The summed E-state index contributed by atoms with van der Waals surface area (Å²) in [5, 5.41) is 0. The fraction of sp³-hybridized carbons (Fsp3) is 1.00. The minimum atomic E-state index is 0. The molecule has 1 aliphatic rings.